The molecule has 2 rings (SSSR count). The summed E-state index contributed by atoms with van der Waals surface area (Å²) in [6.07, 6.45) is 1.92. The van der Waals surface area contributed by atoms with Crippen molar-refractivity contribution >= 4 is 12.0 Å². The van der Waals surface area contributed by atoms with Gasteiger partial charge in [0.05, 0.1) is 20.8 Å². The third-order valence-electron chi connectivity index (χ3n) is 3.23. The van der Waals surface area contributed by atoms with Crippen LogP contribution in [0.15, 0.2) is 53.5 Å². The first kappa shape index (κ1) is 15.8. The molecular weight excluding hydrogens is 278 g/mol. The van der Waals surface area contributed by atoms with Crippen molar-refractivity contribution in [3.05, 3.63) is 59.7 Å². The predicted molar refractivity (Wildman–Crippen MR) is 87.1 cm³/mol. The van der Waals surface area contributed by atoms with Crippen LogP contribution in [-0.2, 0) is 6.54 Å². The minimum absolute atomic E-state index is 0.00207. The molecule has 0 aliphatic rings. The minimum atomic E-state index is -0.00207. The van der Waals surface area contributed by atoms with Crippen LogP contribution in [0, 0.1) is 0 Å². The second-order valence-electron chi connectivity index (χ2n) is 4.71. The van der Waals surface area contributed by atoms with Crippen molar-refractivity contribution in [1.82, 2.24) is 0 Å². The van der Waals surface area contributed by atoms with E-state index in [2.05, 4.69) is 4.99 Å². The van der Waals surface area contributed by atoms with Crippen LogP contribution in [0.3, 0.4) is 0 Å². The summed E-state index contributed by atoms with van der Waals surface area (Å²) in [5.74, 6) is 1.16. The second kappa shape index (κ2) is 7.98. The normalized spacial score (nSPS) is 10.6. The molecule has 0 amide bonds. The molecule has 2 aromatic carbocycles. The first-order valence-electron chi connectivity index (χ1n) is 7.02. The van der Waals surface area contributed by atoms with Crippen molar-refractivity contribution in [3.8, 4) is 11.5 Å². The summed E-state index contributed by atoms with van der Waals surface area (Å²) < 4.78 is 10.4. The van der Waals surface area contributed by atoms with E-state index in [4.69, 9.17) is 9.47 Å². The SMILES string of the molecule is COc1ccc(C(=O)CC=NCc2ccccc2)cc1OC. The van der Waals surface area contributed by atoms with Crippen molar-refractivity contribution in [1.29, 1.82) is 0 Å². The van der Waals surface area contributed by atoms with Gasteiger partial charge in [-0.2, -0.15) is 0 Å². The number of Topliss-reactive ketones (excluding diaryl/α,β-unsaturated/α-hetero) is 1. The van der Waals surface area contributed by atoms with Gasteiger partial charge in [0.1, 0.15) is 0 Å². The number of aliphatic imine (C=N–C) groups is 1. The van der Waals surface area contributed by atoms with E-state index in [1.54, 1.807) is 38.6 Å². The molecule has 0 spiro atoms. The van der Waals surface area contributed by atoms with Gasteiger partial charge in [-0.25, -0.2) is 0 Å². The highest BCUT2D eigenvalue weighted by Gasteiger charge is 2.09. The Balaban J connectivity index is 1.94. The van der Waals surface area contributed by atoms with Gasteiger partial charge < -0.3 is 9.47 Å². The fourth-order valence-corrected chi connectivity index (χ4v) is 2.03. The predicted octanol–water partition coefficient (Wildman–Crippen LogP) is 3.55. The Labute approximate surface area is 130 Å². The van der Waals surface area contributed by atoms with Gasteiger partial charge in [0.25, 0.3) is 0 Å². The molecule has 0 fully saturated rings. The molecule has 0 unspecified atom stereocenters. The summed E-state index contributed by atoms with van der Waals surface area (Å²) in [5, 5.41) is 0. The fourth-order valence-electron chi connectivity index (χ4n) is 2.03. The summed E-state index contributed by atoms with van der Waals surface area (Å²) in [6, 6.07) is 15.1. The van der Waals surface area contributed by atoms with E-state index < -0.39 is 0 Å². The lowest BCUT2D eigenvalue weighted by Crippen LogP contribution is -2.01. The third kappa shape index (κ3) is 4.19. The highest BCUT2D eigenvalue weighted by Crippen LogP contribution is 2.27. The molecule has 0 radical (unpaired) electrons. The number of hydrogen-bond acceptors (Lipinski definition) is 4. The van der Waals surface area contributed by atoms with Crippen molar-refractivity contribution in [2.45, 2.75) is 13.0 Å². The molecule has 0 aliphatic heterocycles. The molecule has 0 bridgehead atoms. The van der Waals surface area contributed by atoms with Gasteiger partial charge in [-0.15, -0.1) is 0 Å². The molecule has 4 nitrogen and oxygen atoms in total. The minimum Gasteiger partial charge on any atom is -0.493 e. The van der Waals surface area contributed by atoms with Crippen molar-refractivity contribution < 1.29 is 14.3 Å². The van der Waals surface area contributed by atoms with Gasteiger partial charge in [-0.1, -0.05) is 30.3 Å². The van der Waals surface area contributed by atoms with Crippen molar-refractivity contribution in [2.24, 2.45) is 4.99 Å². The van der Waals surface area contributed by atoms with Gasteiger partial charge in [0.15, 0.2) is 17.3 Å². The number of rotatable bonds is 7. The van der Waals surface area contributed by atoms with E-state index >= 15 is 0 Å². The first-order chi connectivity index (χ1) is 10.7. The van der Waals surface area contributed by atoms with E-state index in [0.717, 1.165) is 5.56 Å². The molecule has 2 aromatic rings. The zero-order valence-electron chi connectivity index (χ0n) is 12.8. The Morgan fingerprint density at radius 1 is 1.05 bits per heavy atom. The van der Waals surface area contributed by atoms with Gasteiger partial charge in [0, 0.05) is 18.2 Å². The summed E-state index contributed by atoms with van der Waals surface area (Å²) in [7, 11) is 3.11. The largest absolute Gasteiger partial charge is 0.493 e. The van der Waals surface area contributed by atoms with Gasteiger partial charge in [0.2, 0.25) is 0 Å². The fraction of sp³-hybridized carbons (Fsp3) is 0.222. The lowest BCUT2D eigenvalue weighted by atomic mass is 10.1. The van der Waals surface area contributed by atoms with E-state index in [1.807, 2.05) is 30.3 Å². The Morgan fingerprint density at radius 3 is 2.45 bits per heavy atom. The molecule has 22 heavy (non-hydrogen) atoms. The van der Waals surface area contributed by atoms with Gasteiger partial charge in [-0.3, -0.25) is 9.79 Å². The van der Waals surface area contributed by atoms with Crippen LogP contribution in [0.25, 0.3) is 0 Å². The van der Waals surface area contributed by atoms with E-state index in [9.17, 15) is 4.79 Å². The molecular formula is C18H19NO3. The van der Waals surface area contributed by atoms with Crippen LogP contribution < -0.4 is 9.47 Å². The number of hydrogen-bond donors (Lipinski definition) is 0. The summed E-state index contributed by atoms with van der Waals surface area (Å²) in [6.45, 7) is 0.583. The second-order valence-corrected chi connectivity index (χ2v) is 4.71. The topological polar surface area (TPSA) is 47.9 Å². The smallest absolute Gasteiger partial charge is 0.168 e. The molecule has 114 valence electrons. The number of carbonyl (C=O) groups excluding carboxylic acids is 1. The van der Waals surface area contributed by atoms with Crippen molar-refractivity contribution in [2.75, 3.05) is 14.2 Å². The molecule has 0 heterocycles. The number of ketones is 1. The van der Waals surface area contributed by atoms with Crippen LogP contribution in [0.4, 0.5) is 0 Å². The number of benzene rings is 2. The third-order valence-corrected chi connectivity index (χ3v) is 3.23. The number of nitrogens with zero attached hydrogens (tertiary/aromatic N) is 1. The molecule has 0 atom stereocenters. The van der Waals surface area contributed by atoms with Gasteiger partial charge >= 0.3 is 0 Å². The standard InChI is InChI=1S/C18H19NO3/c1-21-17-9-8-15(12-18(17)22-2)16(20)10-11-19-13-14-6-4-3-5-7-14/h3-9,11-12H,10,13H2,1-2H3. The highest BCUT2D eigenvalue weighted by molar-refractivity contribution is 6.03. The maximum Gasteiger partial charge on any atom is 0.168 e. The van der Waals surface area contributed by atoms with E-state index in [1.165, 1.54) is 0 Å². The molecule has 4 heteroatoms. The molecule has 0 aromatic heterocycles. The summed E-state index contributed by atoms with van der Waals surface area (Å²) in [5.41, 5.74) is 1.71. The van der Waals surface area contributed by atoms with Crippen LogP contribution in [-0.4, -0.2) is 26.2 Å². The van der Waals surface area contributed by atoms with E-state index in [0.29, 0.717) is 23.6 Å². The van der Waals surface area contributed by atoms with Gasteiger partial charge in [-0.05, 0) is 23.8 Å². The Bertz CT molecular complexity index is 651. The van der Waals surface area contributed by atoms with Crippen LogP contribution in [0.5, 0.6) is 11.5 Å². The van der Waals surface area contributed by atoms with Crippen LogP contribution >= 0.6 is 0 Å². The zero-order valence-corrected chi connectivity index (χ0v) is 12.8. The summed E-state index contributed by atoms with van der Waals surface area (Å²) in [4.78, 5) is 16.4. The Hall–Kier alpha value is -2.62. The quantitative estimate of drug-likeness (QED) is 0.580. The lowest BCUT2D eigenvalue weighted by Gasteiger charge is -2.08. The Morgan fingerprint density at radius 2 is 1.77 bits per heavy atom. The maximum absolute atomic E-state index is 12.1. The van der Waals surface area contributed by atoms with Crippen LogP contribution in [0.1, 0.15) is 22.3 Å². The molecule has 0 saturated heterocycles. The van der Waals surface area contributed by atoms with Crippen LogP contribution in [0.2, 0.25) is 0 Å². The zero-order chi connectivity index (χ0) is 15.8. The number of carbonyl (C=O) groups is 1. The monoisotopic (exact) mass is 297 g/mol. The van der Waals surface area contributed by atoms with E-state index in [-0.39, 0.29) is 12.2 Å². The average molecular weight is 297 g/mol. The Kier molecular flexibility index (Phi) is 5.72. The average Bonchev–Trinajstić information content (AvgIpc) is 2.58. The summed E-state index contributed by atoms with van der Waals surface area (Å²) >= 11 is 0. The molecule has 0 saturated carbocycles. The number of methoxy groups -OCH3 is 2. The first-order valence-corrected chi connectivity index (χ1v) is 7.02. The highest BCUT2D eigenvalue weighted by atomic mass is 16.5. The molecule has 0 aliphatic carbocycles. The lowest BCUT2D eigenvalue weighted by molar-refractivity contribution is 0.100. The number of ether oxygens (including phenoxy) is 2. The maximum atomic E-state index is 12.1. The van der Waals surface area contributed by atoms with Crippen molar-refractivity contribution in [3.63, 3.8) is 0 Å². The molecule has 0 N–H and O–H groups in total.